The number of carbonyl (C=O) groups is 1. The summed E-state index contributed by atoms with van der Waals surface area (Å²) in [5.41, 5.74) is 1.27. The van der Waals surface area contributed by atoms with E-state index < -0.39 is 0 Å². The lowest BCUT2D eigenvalue weighted by atomic mass is 10.0. The van der Waals surface area contributed by atoms with Crippen LogP contribution in [0.4, 0.5) is 0 Å². The summed E-state index contributed by atoms with van der Waals surface area (Å²) in [4.78, 5) is 11.9. The van der Waals surface area contributed by atoms with Crippen molar-refractivity contribution in [3.05, 3.63) is 35.9 Å². The van der Waals surface area contributed by atoms with E-state index in [-0.39, 0.29) is 11.8 Å². The first-order valence-electron chi connectivity index (χ1n) is 6.32. The van der Waals surface area contributed by atoms with Crippen LogP contribution in [-0.4, -0.2) is 25.0 Å². The molecule has 2 N–H and O–H groups in total. The molecule has 17 heavy (non-hydrogen) atoms. The minimum absolute atomic E-state index is 0.144. The Morgan fingerprint density at radius 2 is 2.18 bits per heavy atom. The fraction of sp³-hybridized carbons (Fsp3) is 0.500. The molecule has 1 aliphatic heterocycles. The second-order valence-electron chi connectivity index (χ2n) is 4.66. The third-order valence-corrected chi connectivity index (χ3v) is 3.42. The standard InChI is InChI=1S/C14H20N2O/c1-11-13(8-10-15-11)14(17)16-9-7-12-5-3-2-4-6-12/h2-6,11,13,15H,7-10H2,1H3,(H,16,17). The summed E-state index contributed by atoms with van der Waals surface area (Å²) < 4.78 is 0. The van der Waals surface area contributed by atoms with Gasteiger partial charge < -0.3 is 10.6 Å². The van der Waals surface area contributed by atoms with Crippen molar-refractivity contribution in [2.45, 2.75) is 25.8 Å². The van der Waals surface area contributed by atoms with E-state index in [0.29, 0.717) is 6.04 Å². The highest BCUT2D eigenvalue weighted by molar-refractivity contribution is 5.79. The van der Waals surface area contributed by atoms with Crippen LogP contribution in [0.2, 0.25) is 0 Å². The highest BCUT2D eigenvalue weighted by Gasteiger charge is 2.28. The molecule has 0 aromatic heterocycles. The Morgan fingerprint density at radius 1 is 1.41 bits per heavy atom. The number of hydrogen-bond donors (Lipinski definition) is 2. The van der Waals surface area contributed by atoms with Crippen LogP contribution in [0.3, 0.4) is 0 Å². The molecule has 1 amide bonds. The Labute approximate surface area is 103 Å². The molecule has 2 rings (SSSR count). The third-order valence-electron chi connectivity index (χ3n) is 3.42. The molecule has 1 fully saturated rings. The van der Waals surface area contributed by atoms with Gasteiger partial charge in [0.1, 0.15) is 0 Å². The third kappa shape index (κ3) is 3.30. The van der Waals surface area contributed by atoms with Crippen LogP contribution in [0.1, 0.15) is 18.9 Å². The van der Waals surface area contributed by atoms with Crippen LogP contribution < -0.4 is 10.6 Å². The maximum Gasteiger partial charge on any atom is 0.224 e. The molecule has 1 aromatic carbocycles. The van der Waals surface area contributed by atoms with E-state index in [9.17, 15) is 4.79 Å². The zero-order valence-corrected chi connectivity index (χ0v) is 10.3. The first-order valence-corrected chi connectivity index (χ1v) is 6.32. The van der Waals surface area contributed by atoms with Gasteiger partial charge in [-0.25, -0.2) is 0 Å². The average Bonchev–Trinajstić information content (AvgIpc) is 2.77. The van der Waals surface area contributed by atoms with E-state index in [1.165, 1.54) is 5.56 Å². The molecular weight excluding hydrogens is 212 g/mol. The van der Waals surface area contributed by atoms with Crippen LogP contribution in [0.15, 0.2) is 30.3 Å². The number of nitrogens with one attached hydrogen (secondary N) is 2. The summed E-state index contributed by atoms with van der Waals surface area (Å²) in [5, 5.41) is 6.32. The van der Waals surface area contributed by atoms with Crippen molar-refractivity contribution in [3.8, 4) is 0 Å². The van der Waals surface area contributed by atoms with Gasteiger partial charge in [-0.2, -0.15) is 0 Å². The molecule has 0 spiro atoms. The average molecular weight is 232 g/mol. The molecule has 2 unspecified atom stereocenters. The number of hydrogen-bond acceptors (Lipinski definition) is 2. The van der Waals surface area contributed by atoms with E-state index in [0.717, 1.165) is 25.9 Å². The summed E-state index contributed by atoms with van der Waals surface area (Å²) >= 11 is 0. The lowest BCUT2D eigenvalue weighted by molar-refractivity contribution is -0.125. The second-order valence-corrected chi connectivity index (χ2v) is 4.66. The Bertz CT molecular complexity index is 364. The lowest BCUT2D eigenvalue weighted by Crippen LogP contribution is -2.37. The smallest absolute Gasteiger partial charge is 0.224 e. The molecule has 0 bridgehead atoms. The summed E-state index contributed by atoms with van der Waals surface area (Å²) in [6, 6.07) is 10.6. The Balaban J connectivity index is 1.73. The van der Waals surface area contributed by atoms with E-state index in [1.54, 1.807) is 0 Å². The minimum atomic E-state index is 0.144. The van der Waals surface area contributed by atoms with Crippen molar-refractivity contribution in [2.75, 3.05) is 13.1 Å². The number of amides is 1. The second kappa shape index (κ2) is 5.82. The summed E-state index contributed by atoms with van der Waals surface area (Å²) in [7, 11) is 0. The van der Waals surface area contributed by atoms with E-state index in [1.807, 2.05) is 18.2 Å². The van der Waals surface area contributed by atoms with Gasteiger partial charge in [-0.1, -0.05) is 30.3 Å². The highest BCUT2D eigenvalue weighted by Crippen LogP contribution is 2.14. The van der Waals surface area contributed by atoms with Gasteiger partial charge >= 0.3 is 0 Å². The maximum absolute atomic E-state index is 11.9. The molecule has 1 saturated heterocycles. The summed E-state index contributed by atoms with van der Waals surface area (Å²) in [6.45, 7) is 3.76. The van der Waals surface area contributed by atoms with Gasteiger partial charge in [-0.15, -0.1) is 0 Å². The fourth-order valence-corrected chi connectivity index (χ4v) is 2.32. The molecule has 1 aromatic rings. The van der Waals surface area contributed by atoms with E-state index >= 15 is 0 Å². The van der Waals surface area contributed by atoms with Crippen molar-refractivity contribution >= 4 is 5.91 Å². The van der Waals surface area contributed by atoms with Gasteiger partial charge in [0.2, 0.25) is 5.91 Å². The van der Waals surface area contributed by atoms with Crippen LogP contribution >= 0.6 is 0 Å². The van der Waals surface area contributed by atoms with E-state index in [4.69, 9.17) is 0 Å². The first-order chi connectivity index (χ1) is 8.27. The van der Waals surface area contributed by atoms with Gasteiger partial charge in [0.25, 0.3) is 0 Å². The SMILES string of the molecule is CC1NCCC1C(=O)NCCc1ccccc1. The van der Waals surface area contributed by atoms with Gasteiger partial charge in [0.15, 0.2) is 0 Å². The zero-order valence-electron chi connectivity index (χ0n) is 10.3. The monoisotopic (exact) mass is 232 g/mol. The van der Waals surface area contributed by atoms with Crippen molar-refractivity contribution < 1.29 is 4.79 Å². The van der Waals surface area contributed by atoms with Crippen molar-refractivity contribution in [3.63, 3.8) is 0 Å². The van der Waals surface area contributed by atoms with Crippen LogP contribution in [0.5, 0.6) is 0 Å². The lowest BCUT2D eigenvalue weighted by Gasteiger charge is -2.14. The minimum Gasteiger partial charge on any atom is -0.355 e. The molecule has 2 atom stereocenters. The number of benzene rings is 1. The molecule has 92 valence electrons. The normalized spacial score (nSPS) is 23.6. The van der Waals surface area contributed by atoms with Crippen molar-refractivity contribution in [1.29, 1.82) is 0 Å². The molecule has 3 heteroatoms. The van der Waals surface area contributed by atoms with Crippen LogP contribution in [0.25, 0.3) is 0 Å². The maximum atomic E-state index is 11.9. The van der Waals surface area contributed by atoms with Crippen LogP contribution in [-0.2, 0) is 11.2 Å². The number of carbonyl (C=O) groups excluding carboxylic acids is 1. The zero-order chi connectivity index (χ0) is 12.1. The topological polar surface area (TPSA) is 41.1 Å². The molecule has 1 aliphatic rings. The quantitative estimate of drug-likeness (QED) is 0.822. The van der Waals surface area contributed by atoms with Crippen molar-refractivity contribution in [1.82, 2.24) is 10.6 Å². The first kappa shape index (κ1) is 12.1. The summed E-state index contributed by atoms with van der Waals surface area (Å²) in [6.07, 6.45) is 1.86. The van der Waals surface area contributed by atoms with Gasteiger partial charge in [0.05, 0.1) is 5.92 Å². The fourth-order valence-electron chi connectivity index (χ4n) is 2.32. The summed E-state index contributed by atoms with van der Waals surface area (Å²) in [5.74, 6) is 0.337. The predicted octanol–water partition coefficient (Wildman–Crippen LogP) is 1.34. The Morgan fingerprint density at radius 3 is 2.82 bits per heavy atom. The van der Waals surface area contributed by atoms with E-state index in [2.05, 4.69) is 29.7 Å². The molecule has 0 aliphatic carbocycles. The predicted molar refractivity (Wildman–Crippen MR) is 68.7 cm³/mol. The molecule has 0 radical (unpaired) electrons. The van der Waals surface area contributed by atoms with Gasteiger partial charge in [-0.05, 0) is 31.9 Å². The molecule has 1 heterocycles. The van der Waals surface area contributed by atoms with Crippen molar-refractivity contribution in [2.24, 2.45) is 5.92 Å². The number of rotatable bonds is 4. The van der Waals surface area contributed by atoms with Crippen LogP contribution in [0, 0.1) is 5.92 Å². The molecule has 3 nitrogen and oxygen atoms in total. The highest BCUT2D eigenvalue weighted by atomic mass is 16.1. The molecule has 0 saturated carbocycles. The Hall–Kier alpha value is -1.35. The molecular formula is C14H20N2O. The Kier molecular flexibility index (Phi) is 4.15. The van der Waals surface area contributed by atoms with Gasteiger partial charge in [-0.3, -0.25) is 4.79 Å². The largest absolute Gasteiger partial charge is 0.355 e. The van der Waals surface area contributed by atoms with Gasteiger partial charge in [0, 0.05) is 12.6 Å².